The summed E-state index contributed by atoms with van der Waals surface area (Å²) in [7, 11) is 1.66. The van der Waals surface area contributed by atoms with E-state index in [0.717, 1.165) is 34.9 Å². The molecule has 0 radical (unpaired) electrons. The molecule has 0 amide bonds. The number of rotatable bonds is 6. The maximum absolute atomic E-state index is 5.22. The topological polar surface area (TPSA) is 64.9 Å². The minimum absolute atomic E-state index is 0.416. The molecule has 0 fully saturated rings. The number of hydrogen-bond acceptors (Lipinski definition) is 5. The number of hydrogen-bond donors (Lipinski definition) is 1. The molecule has 0 aliphatic rings. The van der Waals surface area contributed by atoms with Crippen LogP contribution in [0.1, 0.15) is 31.7 Å². The van der Waals surface area contributed by atoms with Crippen molar-refractivity contribution in [3.8, 4) is 11.4 Å². The highest BCUT2D eigenvalue weighted by Gasteiger charge is 2.31. The zero-order valence-electron chi connectivity index (χ0n) is 15.0. The van der Waals surface area contributed by atoms with E-state index in [4.69, 9.17) is 4.74 Å². The number of methoxy groups -OCH3 is 1. The number of tetrazole rings is 1. The fourth-order valence-corrected chi connectivity index (χ4v) is 2.79. The Hall–Kier alpha value is -2.89. The normalized spacial score (nSPS) is 13.3. The second kappa shape index (κ2) is 6.93. The third-order valence-electron chi connectivity index (χ3n) is 4.52. The monoisotopic (exact) mass is 337 g/mol. The molecule has 2 aromatic carbocycles. The van der Waals surface area contributed by atoms with Gasteiger partial charge in [0, 0.05) is 5.69 Å². The lowest BCUT2D eigenvalue weighted by Crippen LogP contribution is -2.34. The van der Waals surface area contributed by atoms with Gasteiger partial charge in [0.15, 0.2) is 5.82 Å². The smallest absolute Gasteiger partial charge is 0.181 e. The van der Waals surface area contributed by atoms with Crippen molar-refractivity contribution in [1.82, 2.24) is 20.2 Å². The molecule has 130 valence electrons. The molecule has 3 aromatic rings. The quantitative estimate of drug-likeness (QED) is 0.743. The predicted molar refractivity (Wildman–Crippen MR) is 98.2 cm³/mol. The molecule has 1 heterocycles. The van der Waals surface area contributed by atoms with Crippen LogP contribution in [-0.4, -0.2) is 27.3 Å². The summed E-state index contributed by atoms with van der Waals surface area (Å²) >= 11 is 0. The summed E-state index contributed by atoms with van der Waals surface area (Å²) in [6.45, 7) is 6.28. The van der Waals surface area contributed by atoms with E-state index in [-0.39, 0.29) is 0 Å². The number of nitrogens with one attached hydrogen (secondary N) is 1. The van der Waals surface area contributed by atoms with E-state index in [2.05, 4.69) is 47.7 Å². The van der Waals surface area contributed by atoms with Crippen molar-refractivity contribution in [2.75, 3.05) is 12.4 Å². The molecule has 1 aromatic heterocycles. The Morgan fingerprint density at radius 1 is 1.12 bits per heavy atom. The zero-order chi connectivity index (χ0) is 17.9. The predicted octanol–water partition coefficient (Wildman–Crippen LogP) is 3.72. The van der Waals surface area contributed by atoms with Crippen molar-refractivity contribution in [3.63, 3.8) is 0 Å². The van der Waals surface area contributed by atoms with Crippen LogP contribution < -0.4 is 10.1 Å². The Morgan fingerprint density at radius 2 is 1.84 bits per heavy atom. The third kappa shape index (κ3) is 3.33. The van der Waals surface area contributed by atoms with Crippen LogP contribution >= 0.6 is 0 Å². The first-order valence-corrected chi connectivity index (χ1v) is 8.34. The Balaban J connectivity index is 1.98. The molecule has 1 unspecified atom stereocenters. The summed E-state index contributed by atoms with van der Waals surface area (Å²) < 4.78 is 7.04. The molecular formula is C19H23N5O. The summed E-state index contributed by atoms with van der Waals surface area (Å²) in [5.74, 6) is 1.61. The fraction of sp³-hybridized carbons (Fsp3) is 0.316. The van der Waals surface area contributed by atoms with Crippen LogP contribution in [0.15, 0.2) is 48.5 Å². The van der Waals surface area contributed by atoms with Crippen LogP contribution in [0, 0.1) is 6.92 Å². The Bertz CT molecular complexity index is 843. The van der Waals surface area contributed by atoms with Crippen LogP contribution in [0.2, 0.25) is 0 Å². The Kier molecular flexibility index (Phi) is 4.70. The molecule has 6 heteroatoms. The van der Waals surface area contributed by atoms with Crippen molar-refractivity contribution in [3.05, 3.63) is 59.9 Å². The SMILES string of the molecule is CCC(C)(Nc1ccc(OC)cc1)c1nnnn1-c1ccccc1C. The van der Waals surface area contributed by atoms with Gasteiger partial charge in [-0.25, -0.2) is 0 Å². The number of ether oxygens (including phenoxy) is 1. The van der Waals surface area contributed by atoms with Crippen LogP contribution in [-0.2, 0) is 5.54 Å². The van der Waals surface area contributed by atoms with Gasteiger partial charge in [-0.05, 0) is 66.6 Å². The van der Waals surface area contributed by atoms with Crippen molar-refractivity contribution in [2.24, 2.45) is 0 Å². The molecule has 0 saturated heterocycles. The van der Waals surface area contributed by atoms with Gasteiger partial charge in [0.2, 0.25) is 0 Å². The van der Waals surface area contributed by atoms with E-state index in [1.54, 1.807) is 7.11 Å². The summed E-state index contributed by atoms with van der Waals surface area (Å²) in [5.41, 5.74) is 2.68. The van der Waals surface area contributed by atoms with Crippen molar-refractivity contribution in [2.45, 2.75) is 32.7 Å². The maximum Gasteiger partial charge on any atom is 0.181 e. The molecule has 0 saturated carbocycles. The number of para-hydroxylation sites is 1. The van der Waals surface area contributed by atoms with Gasteiger partial charge in [-0.1, -0.05) is 25.1 Å². The van der Waals surface area contributed by atoms with Crippen LogP contribution in [0.25, 0.3) is 5.69 Å². The van der Waals surface area contributed by atoms with Gasteiger partial charge >= 0.3 is 0 Å². The largest absolute Gasteiger partial charge is 0.497 e. The summed E-state index contributed by atoms with van der Waals surface area (Å²) in [6.07, 6.45) is 0.825. The van der Waals surface area contributed by atoms with Gasteiger partial charge in [-0.3, -0.25) is 0 Å². The fourth-order valence-electron chi connectivity index (χ4n) is 2.79. The first-order chi connectivity index (χ1) is 12.1. The third-order valence-corrected chi connectivity index (χ3v) is 4.52. The van der Waals surface area contributed by atoms with Crippen molar-refractivity contribution < 1.29 is 4.74 Å². The lowest BCUT2D eigenvalue weighted by molar-refractivity contribution is 0.414. The van der Waals surface area contributed by atoms with E-state index >= 15 is 0 Å². The summed E-state index contributed by atoms with van der Waals surface area (Å²) in [5, 5.41) is 16.0. The summed E-state index contributed by atoms with van der Waals surface area (Å²) in [6, 6.07) is 15.9. The number of anilines is 1. The standard InChI is InChI=1S/C19H23N5O/c1-5-19(3,20-15-10-12-16(25-4)13-11-15)18-21-22-23-24(18)17-9-7-6-8-14(17)2/h6-13,20H,5H2,1-4H3. The molecule has 1 atom stereocenters. The molecule has 0 aliphatic heterocycles. The van der Waals surface area contributed by atoms with Gasteiger partial charge in [-0.2, -0.15) is 4.68 Å². The number of nitrogens with zero attached hydrogens (tertiary/aromatic N) is 4. The van der Waals surface area contributed by atoms with E-state index in [1.165, 1.54) is 0 Å². The highest BCUT2D eigenvalue weighted by molar-refractivity contribution is 5.49. The van der Waals surface area contributed by atoms with Gasteiger partial charge < -0.3 is 10.1 Å². The van der Waals surface area contributed by atoms with Crippen molar-refractivity contribution in [1.29, 1.82) is 0 Å². The Labute approximate surface area is 147 Å². The van der Waals surface area contributed by atoms with Gasteiger partial charge in [-0.15, -0.1) is 5.10 Å². The minimum Gasteiger partial charge on any atom is -0.497 e. The zero-order valence-corrected chi connectivity index (χ0v) is 15.0. The highest BCUT2D eigenvalue weighted by Crippen LogP contribution is 2.30. The van der Waals surface area contributed by atoms with Gasteiger partial charge in [0.1, 0.15) is 5.75 Å². The second-order valence-electron chi connectivity index (χ2n) is 6.24. The summed E-state index contributed by atoms with van der Waals surface area (Å²) in [4.78, 5) is 0. The molecular weight excluding hydrogens is 314 g/mol. The van der Waals surface area contributed by atoms with Crippen LogP contribution in [0.5, 0.6) is 5.75 Å². The average Bonchev–Trinajstić information content (AvgIpc) is 3.13. The molecule has 0 spiro atoms. The molecule has 0 bridgehead atoms. The molecule has 25 heavy (non-hydrogen) atoms. The van der Waals surface area contributed by atoms with E-state index < -0.39 is 5.54 Å². The van der Waals surface area contributed by atoms with Crippen LogP contribution in [0.4, 0.5) is 5.69 Å². The first kappa shape index (κ1) is 17.0. The Morgan fingerprint density at radius 3 is 2.48 bits per heavy atom. The van der Waals surface area contributed by atoms with Crippen molar-refractivity contribution >= 4 is 5.69 Å². The van der Waals surface area contributed by atoms with Gasteiger partial charge in [0.25, 0.3) is 0 Å². The first-order valence-electron chi connectivity index (χ1n) is 8.34. The maximum atomic E-state index is 5.22. The molecule has 3 rings (SSSR count). The number of benzene rings is 2. The molecule has 1 N–H and O–H groups in total. The van der Waals surface area contributed by atoms with E-state index in [9.17, 15) is 0 Å². The number of aromatic nitrogens is 4. The second-order valence-corrected chi connectivity index (χ2v) is 6.24. The van der Waals surface area contributed by atoms with E-state index in [1.807, 2.05) is 47.1 Å². The lowest BCUT2D eigenvalue weighted by Gasteiger charge is -2.29. The van der Waals surface area contributed by atoms with E-state index in [0.29, 0.717) is 0 Å². The lowest BCUT2D eigenvalue weighted by atomic mass is 9.96. The number of aryl methyl sites for hydroxylation is 1. The average molecular weight is 337 g/mol. The molecule has 0 aliphatic carbocycles. The van der Waals surface area contributed by atoms with Gasteiger partial charge in [0.05, 0.1) is 18.3 Å². The van der Waals surface area contributed by atoms with Crippen LogP contribution in [0.3, 0.4) is 0 Å². The minimum atomic E-state index is -0.416. The highest BCUT2D eigenvalue weighted by atomic mass is 16.5. The molecule has 6 nitrogen and oxygen atoms in total.